The van der Waals surface area contributed by atoms with Crippen molar-refractivity contribution in [3.63, 3.8) is 0 Å². The lowest BCUT2D eigenvalue weighted by atomic mass is 10.1. The van der Waals surface area contributed by atoms with Crippen LogP contribution in [0, 0.1) is 11.6 Å². The first-order valence-electron chi connectivity index (χ1n) is 5.15. The molecule has 0 aromatic heterocycles. The molecule has 0 spiro atoms. The van der Waals surface area contributed by atoms with Crippen molar-refractivity contribution < 1.29 is 8.78 Å². The van der Waals surface area contributed by atoms with Gasteiger partial charge in [0.1, 0.15) is 17.3 Å². The lowest BCUT2D eigenvalue weighted by molar-refractivity contribution is 0.573. The highest BCUT2D eigenvalue weighted by atomic mass is 79.9. The molecule has 1 N–H and O–H groups in total. The van der Waals surface area contributed by atoms with E-state index in [-0.39, 0.29) is 11.7 Å². The molecular weight excluding hydrogens is 296 g/mol. The van der Waals surface area contributed by atoms with E-state index >= 15 is 0 Å². The second-order valence-corrected chi connectivity index (χ2v) is 5.92. The van der Waals surface area contributed by atoms with Crippen molar-refractivity contribution in [2.45, 2.75) is 18.9 Å². The van der Waals surface area contributed by atoms with E-state index in [2.05, 4.69) is 21.2 Å². The molecule has 1 aromatic rings. The van der Waals surface area contributed by atoms with Crippen molar-refractivity contribution >= 4 is 33.4 Å². The SMILES string of the molecule is Fc1cc(Br)cc(F)c1NC1CCSCC1. The van der Waals surface area contributed by atoms with Crippen LogP contribution in [-0.4, -0.2) is 17.5 Å². The van der Waals surface area contributed by atoms with E-state index in [1.165, 1.54) is 12.1 Å². The summed E-state index contributed by atoms with van der Waals surface area (Å²) in [6.45, 7) is 0. The average Bonchev–Trinajstić information content (AvgIpc) is 2.25. The smallest absolute Gasteiger partial charge is 0.150 e. The molecule has 0 bridgehead atoms. The second kappa shape index (κ2) is 5.36. The van der Waals surface area contributed by atoms with Gasteiger partial charge in [0.2, 0.25) is 0 Å². The van der Waals surface area contributed by atoms with Gasteiger partial charge in [0.25, 0.3) is 0 Å². The zero-order chi connectivity index (χ0) is 11.5. The maximum absolute atomic E-state index is 13.5. The highest BCUT2D eigenvalue weighted by Gasteiger charge is 2.17. The number of halogens is 3. The minimum Gasteiger partial charge on any atom is -0.378 e. The van der Waals surface area contributed by atoms with E-state index in [0.717, 1.165) is 24.3 Å². The van der Waals surface area contributed by atoms with E-state index in [1.54, 1.807) is 0 Å². The number of hydrogen-bond acceptors (Lipinski definition) is 2. The Bertz CT molecular complexity index is 357. The van der Waals surface area contributed by atoms with Crippen molar-refractivity contribution in [2.24, 2.45) is 0 Å². The molecule has 1 aliphatic heterocycles. The predicted octanol–water partition coefficient (Wildman–Crippen LogP) is 4.03. The van der Waals surface area contributed by atoms with Gasteiger partial charge in [0.15, 0.2) is 0 Å². The van der Waals surface area contributed by atoms with Crippen molar-refractivity contribution in [1.29, 1.82) is 0 Å². The van der Waals surface area contributed by atoms with E-state index in [0.29, 0.717) is 4.47 Å². The summed E-state index contributed by atoms with van der Waals surface area (Å²) in [4.78, 5) is 0. The van der Waals surface area contributed by atoms with Crippen LogP contribution in [-0.2, 0) is 0 Å². The van der Waals surface area contributed by atoms with Gasteiger partial charge in [-0.1, -0.05) is 15.9 Å². The second-order valence-electron chi connectivity index (χ2n) is 3.78. The number of benzene rings is 1. The summed E-state index contributed by atoms with van der Waals surface area (Å²) >= 11 is 4.95. The fraction of sp³-hybridized carbons (Fsp3) is 0.455. The monoisotopic (exact) mass is 307 g/mol. The molecule has 0 saturated carbocycles. The third kappa shape index (κ3) is 2.88. The van der Waals surface area contributed by atoms with E-state index in [9.17, 15) is 8.78 Å². The minimum atomic E-state index is -0.537. The van der Waals surface area contributed by atoms with Crippen LogP contribution in [0.15, 0.2) is 16.6 Å². The molecule has 0 unspecified atom stereocenters. The number of rotatable bonds is 2. The molecule has 1 saturated heterocycles. The van der Waals surface area contributed by atoms with Crippen LogP contribution in [0.1, 0.15) is 12.8 Å². The molecule has 16 heavy (non-hydrogen) atoms. The summed E-state index contributed by atoms with van der Waals surface area (Å²) in [6, 6.07) is 2.75. The summed E-state index contributed by atoms with van der Waals surface area (Å²) in [7, 11) is 0. The van der Waals surface area contributed by atoms with E-state index in [1.807, 2.05) is 11.8 Å². The largest absolute Gasteiger partial charge is 0.378 e. The standard InChI is InChI=1S/C11H12BrF2NS/c12-7-5-9(13)11(10(14)6-7)15-8-1-3-16-4-2-8/h5-6,8,15H,1-4H2. The average molecular weight is 308 g/mol. The van der Waals surface area contributed by atoms with Crippen LogP contribution in [0.2, 0.25) is 0 Å². The van der Waals surface area contributed by atoms with Crippen molar-refractivity contribution in [1.82, 2.24) is 0 Å². The van der Waals surface area contributed by atoms with Gasteiger partial charge in [-0.3, -0.25) is 0 Å². The molecule has 0 radical (unpaired) electrons. The topological polar surface area (TPSA) is 12.0 Å². The number of hydrogen-bond donors (Lipinski definition) is 1. The van der Waals surface area contributed by atoms with Crippen molar-refractivity contribution in [3.8, 4) is 0 Å². The third-order valence-corrected chi connectivity index (χ3v) is 4.08. The summed E-state index contributed by atoms with van der Waals surface area (Å²) in [5, 5.41) is 2.96. The Labute approximate surface area is 106 Å². The Kier molecular flexibility index (Phi) is 4.08. The fourth-order valence-electron chi connectivity index (χ4n) is 1.73. The molecular formula is C11H12BrF2NS. The Morgan fingerprint density at radius 3 is 2.31 bits per heavy atom. The summed E-state index contributed by atoms with van der Waals surface area (Å²) < 4.78 is 27.5. The number of nitrogens with one attached hydrogen (secondary N) is 1. The van der Waals surface area contributed by atoms with Crippen LogP contribution in [0.4, 0.5) is 14.5 Å². The lowest BCUT2D eigenvalue weighted by Gasteiger charge is -2.24. The molecule has 2 rings (SSSR count). The highest BCUT2D eigenvalue weighted by Crippen LogP contribution is 2.27. The molecule has 5 heteroatoms. The number of thioether (sulfide) groups is 1. The molecule has 1 fully saturated rings. The molecule has 1 aromatic carbocycles. The van der Waals surface area contributed by atoms with Crippen molar-refractivity contribution in [2.75, 3.05) is 16.8 Å². The van der Waals surface area contributed by atoms with E-state index in [4.69, 9.17) is 0 Å². The summed E-state index contributed by atoms with van der Waals surface area (Å²) in [5.74, 6) is 1.03. The molecule has 0 atom stereocenters. The van der Waals surface area contributed by atoms with Gasteiger partial charge in [0, 0.05) is 10.5 Å². The van der Waals surface area contributed by atoms with Crippen molar-refractivity contribution in [3.05, 3.63) is 28.2 Å². The predicted molar refractivity (Wildman–Crippen MR) is 68.0 cm³/mol. The summed E-state index contributed by atoms with van der Waals surface area (Å²) in [6.07, 6.45) is 1.92. The van der Waals surface area contributed by atoms with Gasteiger partial charge in [-0.25, -0.2) is 8.78 Å². The fourth-order valence-corrected chi connectivity index (χ4v) is 3.23. The molecule has 1 nitrogen and oxygen atoms in total. The van der Waals surface area contributed by atoms with Gasteiger partial charge in [-0.2, -0.15) is 11.8 Å². The quantitative estimate of drug-likeness (QED) is 0.885. The first-order valence-corrected chi connectivity index (χ1v) is 7.10. The molecule has 0 aliphatic carbocycles. The van der Waals surface area contributed by atoms with Gasteiger partial charge in [-0.05, 0) is 36.5 Å². The zero-order valence-electron chi connectivity index (χ0n) is 8.60. The van der Waals surface area contributed by atoms with Crippen LogP contribution in [0.25, 0.3) is 0 Å². The molecule has 1 heterocycles. The first kappa shape index (κ1) is 12.2. The highest BCUT2D eigenvalue weighted by molar-refractivity contribution is 9.10. The van der Waals surface area contributed by atoms with Crippen LogP contribution in [0.5, 0.6) is 0 Å². The third-order valence-electron chi connectivity index (χ3n) is 2.58. The molecule has 0 amide bonds. The van der Waals surface area contributed by atoms with Crippen LogP contribution < -0.4 is 5.32 Å². The molecule has 1 aliphatic rings. The Morgan fingerprint density at radius 2 is 1.75 bits per heavy atom. The van der Waals surface area contributed by atoms with E-state index < -0.39 is 11.6 Å². The zero-order valence-corrected chi connectivity index (χ0v) is 11.0. The molecule has 88 valence electrons. The Balaban J connectivity index is 2.14. The Hall–Kier alpha value is -0.290. The first-order chi connectivity index (χ1) is 7.66. The Morgan fingerprint density at radius 1 is 1.19 bits per heavy atom. The van der Waals surface area contributed by atoms with Gasteiger partial charge in [-0.15, -0.1) is 0 Å². The maximum atomic E-state index is 13.5. The maximum Gasteiger partial charge on any atom is 0.150 e. The summed E-state index contributed by atoms with van der Waals surface area (Å²) in [5.41, 5.74) is 0.0000926. The number of anilines is 1. The lowest BCUT2D eigenvalue weighted by Crippen LogP contribution is -2.25. The minimum absolute atomic E-state index is 0.0000926. The van der Waals surface area contributed by atoms with Gasteiger partial charge in [0.05, 0.1) is 0 Å². The van der Waals surface area contributed by atoms with Crippen LogP contribution >= 0.6 is 27.7 Å². The van der Waals surface area contributed by atoms with Crippen LogP contribution in [0.3, 0.4) is 0 Å². The van der Waals surface area contributed by atoms with Gasteiger partial charge >= 0.3 is 0 Å². The normalized spacial score (nSPS) is 17.4. The van der Waals surface area contributed by atoms with Gasteiger partial charge < -0.3 is 5.32 Å².